The Kier molecular flexibility index (Phi) is 12.7. The van der Waals surface area contributed by atoms with Crippen molar-refractivity contribution in [3.05, 3.63) is 60.2 Å². The molecule has 1 aromatic heterocycles. The fraction of sp³-hybridized carbons (Fsp3) is 0.514. The van der Waals surface area contributed by atoms with E-state index in [0.29, 0.717) is 31.1 Å². The first-order valence-electron chi connectivity index (χ1n) is 16.1. The normalized spacial score (nSPS) is 17.0. The molecule has 1 unspecified atom stereocenters. The van der Waals surface area contributed by atoms with Gasteiger partial charge in [-0.3, -0.25) is 9.69 Å². The van der Waals surface area contributed by atoms with Crippen LogP contribution in [0.4, 0.5) is 11.5 Å². The van der Waals surface area contributed by atoms with Crippen molar-refractivity contribution in [2.75, 3.05) is 56.2 Å². The Morgan fingerprint density at radius 3 is 2.36 bits per heavy atom. The fourth-order valence-corrected chi connectivity index (χ4v) is 5.85. The molecule has 1 amide bonds. The zero-order valence-electron chi connectivity index (χ0n) is 27.1. The van der Waals surface area contributed by atoms with Gasteiger partial charge in [-0.25, -0.2) is 9.97 Å². The van der Waals surface area contributed by atoms with Crippen molar-refractivity contribution in [1.29, 1.82) is 0 Å². The van der Waals surface area contributed by atoms with Gasteiger partial charge >= 0.3 is 0 Å². The topological polar surface area (TPSA) is 103 Å². The highest BCUT2D eigenvalue weighted by atomic mass is 16.5. The molecule has 0 aliphatic carbocycles. The van der Waals surface area contributed by atoms with Crippen molar-refractivity contribution in [3.8, 4) is 22.6 Å². The van der Waals surface area contributed by atoms with Crippen LogP contribution in [-0.2, 0) is 16.1 Å². The second kappa shape index (κ2) is 16.6. The zero-order chi connectivity index (χ0) is 31.5. The van der Waals surface area contributed by atoms with Crippen molar-refractivity contribution in [2.24, 2.45) is 5.92 Å². The molecule has 0 radical (unpaired) electrons. The molecule has 0 spiro atoms. The zero-order valence-corrected chi connectivity index (χ0v) is 27.1. The van der Waals surface area contributed by atoms with Crippen LogP contribution in [0.1, 0.15) is 53.0 Å². The molecule has 2 fully saturated rings. The van der Waals surface area contributed by atoms with Crippen molar-refractivity contribution >= 4 is 17.4 Å². The van der Waals surface area contributed by atoms with Crippen LogP contribution in [0.2, 0.25) is 0 Å². The molecule has 3 aromatic rings. The number of rotatable bonds is 9. The molecular formula is C35H50N6O3. The number of aromatic nitrogens is 2. The van der Waals surface area contributed by atoms with Crippen molar-refractivity contribution in [2.45, 2.75) is 66.2 Å². The van der Waals surface area contributed by atoms with Crippen LogP contribution in [0.3, 0.4) is 0 Å². The minimum Gasteiger partial charge on any atom is -0.392 e. The highest BCUT2D eigenvalue weighted by Crippen LogP contribution is 2.28. The number of nitrogens with zero attached hydrogens (tertiary/aromatic N) is 4. The largest absolute Gasteiger partial charge is 0.392 e. The second-order valence-electron chi connectivity index (χ2n) is 12.0. The molecule has 0 bridgehead atoms. The lowest BCUT2D eigenvalue weighted by molar-refractivity contribution is -0.120. The summed E-state index contributed by atoms with van der Waals surface area (Å²) in [5.41, 5.74) is 4.21. The number of aliphatic hydroxyl groups is 1. The summed E-state index contributed by atoms with van der Waals surface area (Å²) in [5.74, 6) is 1.54. The van der Waals surface area contributed by atoms with E-state index in [1.807, 2.05) is 54.6 Å². The Labute approximate surface area is 263 Å². The first-order valence-corrected chi connectivity index (χ1v) is 16.1. The number of hydrogen-bond acceptors (Lipinski definition) is 8. The molecule has 9 heteroatoms. The molecule has 2 saturated heterocycles. The third-order valence-electron chi connectivity index (χ3n) is 8.22. The van der Waals surface area contributed by atoms with E-state index in [1.165, 1.54) is 0 Å². The van der Waals surface area contributed by atoms with Crippen LogP contribution in [0.25, 0.3) is 22.6 Å². The first-order chi connectivity index (χ1) is 21.3. The van der Waals surface area contributed by atoms with Crippen LogP contribution in [0, 0.1) is 5.92 Å². The Bertz CT molecular complexity index is 1310. The van der Waals surface area contributed by atoms with E-state index in [9.17, 15) is 9.90 Å². The van der Waals surface area contributed by atoms with Gasteiger partial charge in [-0.2, -0.15) is 0 Å². The molecule has 44 heavy (non-hydrogen) atoms. The number of carbonyl (C=O) groups excluding carboxylic acids is 1. The third kappa shape index (κ3) is 9.32. The standard InChI is InChI=1S/C27H31N5O3.C8H19N/c33-18-19-3-1-4-21(15-19)26-30-24(16-25(31-26)32-11-13-35-14-12-32)20-6-8-23(9-7-20)29-27(34)22-5-2-10-28-17-22;1-6-9(7(2)3)8(4)5/h1,3-4,6-9,15-16,22,28,33H,2,5,10-14,17-18H2,(H,29,34);7-8H,6H2,1-5H3. The summed E-state index contributed by atoms with van der Waals surface area (Å²) in [6.45, 7) is 16.9. The summed E-state index contributed by atoms with van der Waals surface area (Å²) in [5, 5.41) is 15.9. The van der Waals surface area contributed by atoms with E-state index < -0.39 is 0 Å². The Hall–Kier alpha value is -3.37. The predicted octanol–water partition coefficient (Wildman–Crippen LogP) is 5.20. The lowest BCUT2D eigenvalue weighted by Gasteiger charge is -2.28. The summed E-state index contributed by atoms with van der Waals surface area (Å²) >= 11 is 0. The molecule has 238 valence electrons. The van der Waals surface area contributed by atoms with Gasteiger partial charge in [-0.05, 0) is 77.4 Å². The van der Waals surface area contributed by atoms with Crippen molar-refractivity contribution < 1.29 is 14.6 Å². The number of benzene rings is 2. The highest BCUT2D eigenvalue weighted by Gasteiger charge is 2.21. The van der Waals surface area contributed by atoms with Gasteiger partial charge in [0, 0.05) is 54.6 Å². The van der Waals surface area contributed by atoms with Crippen molar-refractivity contribution in [1.82, 2.24) is 20.2 Å². The number of nitrogens with one attached hydrogen (secondary N) is 2. The van der Waals surface area contributed by atoms with E-state index in [4.69, 9.17) is 14.7 Å². The van der Waals surface area contributed by atoms with E-state index in [1.54, 1.807) is 0 Å². The average Bonchev–Trinajstić information content (AvgIpc) is 3.06. The average molecular weight is 603 g/mol. The van der Waals surface area contributed by atoms with E-state index >= 15 is 0 Å². The number of piperidine rings is 1. The molecule has 3 heterocycles. The molecule has 2 aliphatic rings. The van der Waals surface area contributed by atoms with Crippen LogP contribution in [0.15, 0.2) is 54.6 Å². The maximum Gasteiger partial charge on any atom is 0.228 e. The third-order valence-corrected chi connectivity index (χ3v) is 8.22. The van der Waals surface area contributed by atoms with Crippen LogP contribution < -0.4 is 15.5 Å². The summed E-state index contributed by atoms with van der Waals surface area (Å²) in [6.07, 6.45) is 1.95. The molecule has 2 aliphatic heterocycles. The molecule has 0 saturated carbocycles. The number of ether oxygens (including phenoxy) is 1. The van der Waals surface area contributed by atoms with Gasteiger partial charge in [-0.1, -0.05) is 37.3 Å². The van der Waals surface area contributed by atoms with Gasteiger partial charge in [0.2, 0.25) is 5.91 Å². The smallest absolute Gasteiger partial charge is 0.228 e. The van der Waals surface area contributed by atoms with Crippen LogP contribution in [-0.4, -0.2) is 83.9 Å². The van der Waals surface area contributed by atoms with Crippen LogP contribution >= 0.6 is 0 Å². The number of aliphatic hydroxyl groups excluding tert-OH is 1. The number of amides is 1. The minimum atomic E-state index is -0.0338. The van der Waals surface area contributed by atoms with Gasteiger partial charge in [0.15, 0.2) is 5.82 Å². The van der Waals surface area contributed by atoms with E-state index in [2.05, 4.69) is 55.1 Å². The lowest BCUT2D eigenvalue weighted by Crippen LogP contribution is -2.37. The SMILES string of the molecule is CCN(C(C)C)C(C)C.O=C(Nc1ccc(-c2cc(N3CCOCC3)nc(-c3cccc(CO)c3)n2)cc1)C1CCCNC1. The summed E-state index contributed by atoms with van der Waals surface area (Å²) in [7, 11) is 0. The summed E-state index contributed by atoms with van der Waals surface area (Å²) < 4.78 is 5.52. The maximum absolute atomic E-state index is 12.6. The quantitative estimate of drug-likeness (QED) is 0.307. The lowest BCUT2D eigenvalue weighted by atomic mass is 9.99. The van der Waals surface area contributed by atoms with Gasteiger partial charge in [0.25, 0.3) is 0 Å². The van der Waals surface area contributed by atoms with E-state index in [0.717, 1.165) is 79.5 Å². The highest BCUT2D eigenvalue weighted by molar-refractivity contribution is 5.93. The number of hydrogen-bond donors (Lipinski definition) is 3. The van der Waals surface area contributed by atoms with Gasteiger partial charge in [0.05, 0.1) is 31.4 Å². The van der Waals surface area contributed by atoms with Crippen LogP contribution in [0.5, 0.6) is 0 Å². The molecule has 3 N–H and O–H groups in total. The first kappa shape index (κ1) is 33.5. The van der Waals surface area contributed by atoms with Gasteiger partial charge in [0.1, 0.15) is 5.82 Å². The summed E-state index contributed by atoms with van der Waals surface area (Å²) in [4.78, 5) is 27.0. The molecule has 5 rings (SSSR count). The van der Waals surface area contributed by atoms with Crippen molar-refractivity contribution in [3.63, 3.8) is 0 Å². The van der Waals surface area contributed by atoms with E-state index in [-0.39, 0.29) is 18.4 Å². The Morgan fingerprint density at radius 2 is 1.77 bits per heavy atom. The maximum atomic E-state index is 12.6. The minimum absolute atomic E-state index is 0.0126. The van der Waals surface area contributed by atoms with Gasteiger partial charge < -0.3 is 25.4 Å². The number of carbonyl (C=O) groups is 1. The Morgan fingerprint density at radius 1 is 1.05 bits per heavy atom. The molecule has 9 nitrogen and oxygen atoms in total. The predicted molar refractivity (Wildman–Crippen MR) is 179 cm³/mol. The number of morpholine rings is 1. The van der Waals surface area contributed by atoms with Gasteiger partial charge in [-0.15, -0.1) is 0 Å². The monoisotopic (exact) mass is 602 g/mol. The summed E-state index contributed by atoms with van der Waals surface area (Å²) in [6, 6.07) is 18.9. The molecular weight excluding hydrogens is 552 g/mol. The number of anilines is 2. The molecule has 1 atom stereocenters. The second-order valence-corrected chi connectivity index (χ2v) is 12.0. The Balaban J connectivity index is 0.000000429. The fourth-order valence-electron chi connectivity index (χ4n) is 5.85. The molecule has 2 aromatic carbocycles.